The maximum atomic E-state index is 13.4. The van der Waals surface area contributed by atoms with E-state index in [1.807, 2.05) is 11.4 Å². The predicted octanol–water partition coefficient (Wildman–Crippen LogP) is 2.81. The summed E-state index contributed by atoms with van der Waals surface area (Å²) in [6, 6.07) is 7.04. The lowest BCUT2D eigenvalue weighted by Gasteiger charge is -2.31. The van der Waals surface area contributed by atoms with Gasteiger partial charge in [-0.3, -0.25) is 4.79 Å². The standard InChI is InChI=1S/C19H21NO5S2/c1-4-15-16-10-12-26-17(16)9-11-20(18(15)19(21)25-3)27(22,23)14-7-5-13(24-2)6-8-14/h4-8,10,12,15,18H,1,9,11H2,2-3H3/t15-,18-/m1/s1. The Morgan fingerprint density at radius 1 is 1.26 bits per heavy atom. The first kappa shape index (κ1) is 19.6. The molecule has 0 unspecified atom stereocenters. The molecule has 1 aromatic heterocycles. The second kappa shape index (κ2) is 7.84. The lowest BCUT2D eigenvalue weighted by Crippen LogP contribution is -2.48. The molecule has 0 amide bonds. The molecule has 6 nitrogen and oxygen atoms in total. The second-order valence-electron chi connectivity index (χ2n) is 6.07. The van der Waals surface area contributed by atoms with E-state index in [4.69, 9.17) is 9.47 Å². The van der Waals surface area contributed by atoms with E-state index in [1.165, 1.54) is 30.7 Å². The van der Waals surface area contributed by atoms with Crippen LogP contribution in [-0.4, -0.2) is 45.5 Å². The van der Waals surface area contributed by atoms with Crippen LogP contribution in [0.2, 0.25) is 0 Å². The van der Waals surface area contributed by atoms with Crippen molar-refractivity contribution in [1.29, 1.82) is 0 Å². The van der Waals surface area contributed by atoms with Gasteiger partial charge in [-0.1, -0.05) is 6.08 Å². The molecule has 0 fully saturated rings. The van der Waals surface area contributed by atoms with Crippen LogP contribution in [-0.2, 0) is 26.0 Å². The van der Waals surface area contributed by atoms with Gasteiger partial charge in [-0.15, -0.1) is 17.9 Å². The van der Waals surface area contributed by atoms with Gasteiger partial charge in [0.05, 0.1) is 19.1 Å². The Labute approximate surface area is 163 Å². The monoisotopic (exact) mass is 407 g/mol. The van der Waals surface area contributed by atoms with Crippen molar-refractivity contribution in [3.8, 4) is 5.75 Å². The summed E-state index contributed by atoms with van der Waals surface area (Å²) in [6.07, 6.45) is 2.15. The molecule has 0 bridgehead atoms. The Hall–Kier alpha value is -2.16. The smallest absolute Gasteiger partial charge is 0.325 e. The molecule has 1 aromatic carbocycles. The number of nitrogens with zero attached hydrogens (tertiary/aromatic N) is 1. The van der Waals surface area contributed by atoms with Crippen LogP contribution in [0, 0.1) is 0 Å². The summed E-state index contributed by atoms with van der Waals surface area (Å²) < 4.78 is 38.0. The Morgan fingerprint density at radius 3 is 2.56 bits per heavy atom. The van der Waals surface area contributed by atoms with E-state index in [9.17, 15) is 13.2 Å². The SMILES string of the molecule is C=C[C@@H]1c2ccsc2CCN(S(=O)(=O)c2ccc(OC)cc2)[C@H]1C(=O)OC. The molecule has 1 aliphatic rings. The fraction of sp³-hybridized carbons (Fsp3) is 0.316. The van der Waals surface area contributed by atoms with Crippen molar-refractivity contribution in [2.75, 3.05) is 20.8 Å². The average molecular weight is 408 g/mol. The van der Waals surface area contributed by atoms with Gasteiger partial charge in [0.25, 0.3) is 0 Å². The minimum absolute atomic E-state index is 0.102. The van der Waals surface area contributed by atoms with E-state index < -0.39 is 28.0 Å². The molecule has 8 heteroatoms. The summed E-state index contributed by atoms with van der Waals surface area (Å²) in [5.74, 6) is -0.522. The molecule has 0 spiro atoms. The third-order valence-corrected chi connectivity index (χ3v) is 7.60. The van der Waals surface area contributed by atoms with E-state index in [0.29, 0.717) is 12.2 Å². The van der Waals surface area contributed by atoms with Gasteiger partial charge in [-0.25, -0.2) is 8.42 Å². The first-order chi connectivity index (χ1) is 12.9. The van der Waals surface area contributed by atoms with E-state index >= 15 is 0 Å². The number of methoxy groups -OCH3 is 2. The van der Waals surface area contributed by atoms with Gasteiger partial charge >= 0.3 is 5.97 Å². The Balaban J connectivity index is 2.09. The van der Waals surface area contributed by atoms with Gasteiger partial charge < -0.3 is 9.47 Å². The first-order valence-corrected chi connectivity index (χ1v) is 10.7. The number of esters is 1. The molecule has 2 atom stereocenters. The number of ether oxygens (including phenoxy) is 2. The summed E-state index contributed by atoms with van der Waals surface area (Å²) in [7, 11) is -1.14. The summed E-state index contributed by atoms with van der Waals surface area (Å²) >= 11 is 1.55. The van der Waals surface area contributed by atoms with Crippen LogP contribution in [0.25, 0.3) is 0 Å². The minimum Gasteiger partial charge on any atom is -0.497 e. The van der Waals surface area contributed by atoms with Gasteiger partial charge in [0.15, 0.2) is 0 Å². The van der Waals surface area contributed by atoms with Crippen molar-refractivity contribution in [3.05, 3.63) is 58.8 Å². The van der Waals surface area contributed by atoms with E-state index in [1.54, 1.807) is 29.5 Å². The largest absolute Gasteiger partial charge is 0.497 e. The molecule has 144 valence electrons. The molecular formula is C19H21NO5S2. The highest BCUT2D eigenvalue weighted by Gasteiger charge is 2.43. The summed E-state index contributed by atoms with van der Waals surface area (Å²) in [6.45, 7) is 4.03. The quantitative estimate of drug-likeness (QED) is 0.563. The van der Waals surface area contributed by atoms with E-state index in [2.05, 4.69) is 6.58 Å². The van der Waals surface area contributed by atoms with Crippen molar-refractivity contribution in [2.45, 2.75) is 23.3 Å². The summed E-state index contributed by atoms with van der Waals surface area (Å²) in [5.41, 5.74) is 0.929. The first-order valence-electron chi connectivity index (χ1n) is 8.36. The number of carbonyl (C=O) groups is 1. The number of benzene rings is 1. The van der Waals surface area contributed by atoms with Gasteiger partial charge in [-0.2, -0.15) is 4.31 Å². The molecule has 3 rings (SSSR count). The Kier molecular flexibility index (Phi) is 5.69. The molecular weight excluding hydrogens is 386 g/mol. The topological polar surface area (TPSA) is 72.9 Å². The van der Waals surface area contributed by atoms with Crippen molar-refractivity contribution < 1.29 is 22.7 Å². The second-order valence-corrected chi connectivity index (χ2v) is 8.96. The average Bonchev–Trinajstić information content (AvgIpc) is 3.08. The third kappa shape index (κ3) is 3.52. The summed E-state index contributed by atoms with van der Waals surface area (Å²) in [4.78, 5) is 13.8. The predicted molar refractivity (Wildman–Crippen MR) is 104 cm³/mol. The van der Waals surface area contributed by atoms with Crippen LogP contribution in [0.15, 0.2) is 53.3 Å². The Morgan fingerprint density at radius 2 is 1.96 bits per heavy atom. The van der Waals surface area contributed by atoms with Crippen LogP contribution in [0.1, 0.15) is 16.4 Å². The van der Waals surface area contributed by atoms with Gasteiger partial charge in [0.2, 0.25) is 10.0 Å². The molecule has 0 aliphatic carbocycles. The number of rotatable bonds is 5. The Bertz CT molecular complexity index is 933. The molecule has 0 saturated heterocycles. The maximum Gasteiger partial charge on any atom is 0.325 e. The molecule has 0 saturated carbocycles. The molecule has 2 aromatic rings. The van der Waals surface area contributed by atoms with Crippen molar-refractivity contribution in [1.82, 2.24) is 4.31 Å². The molecule has 0 radical (unpaired) electrons. The number of carbonyl (C=O) groups excluding carboxylic acids is 1. The van der Waals surface area contributed by atoms with Crippen molar-refractivity contribution in [3.63, 3.8) is 0 Å². The highest BCUT2D eigenvalue weighted by molar-refractivity contribution is 7.89. The normalized spacial score (nSPS) is 20.4. The number of sulfonamides is 1. The number of hydrogen-bond donors (Lipinski definition) is 0. The van der Waals surface area contributed by atoms with E-state index in [0.717, 1.165) is 10.4 Å². The highest BCUT2D eigenvalue weighted by atomic mass is 32.2. The number of hydrogen-bond acceptors (Lipinski definition) is 6. The van der Waals surface area contributed by atoms with Crippen LogP contribution in [0.3, 0.4) is 0 Å². The fourth-order valence-electron chi connectivity index (χ4n) is 3.34. The van der Waals surface area contributed by atoms with Crippen LogP contribution in [0.4, 0.5) is 0 Å². The van der Waals surface area contributed by atoms with E-state index in [-0.39, 0.29) is 11.4 Å². The van der Waals surface area contributed by atoms with Crippen molar-refractivity contribution in [2.24, 2.45) is 0 Å². The lowest BCUT2D eigenvalue weighted by molar-refractivity contribution is -0.145. The molecule has 2 heterocycles. The number of thiophene rings is 1. The molecule has 0 N–H and O–H groups in total. The minimum atomic E-state index is -3.92. The zero-order chi connectivity index (χ0) is 19.6. The van der Waals surface area contributed by atoms with Gasteiger partial charge in [0.1, 0.15) is 11.8 Å². The zero-order valence-electron chi connectivity index (χ0n) is 15.1. The van der Waals surface area contributed by atoms with Gasteiger partial charge in [-0.05, 0) is 47.7 Å². The van der Waals surface area contributed by atoms with Gasteiger partial charge in [0, 0.05) is 17.3 Å². The third-order valence-electron chi connectivity index (χ3n) is 4.71. The fourth-order valence-corrected chi connectivity index (χ4v) is 5.87. The highest BCUT2D eigenvalue weighted by Crippen LogP contribution is 2.37. The number of fused-ring (bicyclic) bond motifs is 1. The molecule has 1 aliphatic heterocycles. The maximum absolute atomic E-state index is 13.4. The summed E-state index contributed by atoms with van der Waals surface area (Å²) in [5, 5.41) is 1.95. The molecule has 27 heavy (non-hydrogen) atoms. The van der Waals surface area contributed by atoms with Crippen molar-refractivity contribution >= 4 is 27.3 Å². The van der Waals surface area contributed by atoms with Crippen LogP contribution in [0.5, 0.6) is 5.75 Å². The van der Waals surface area contributed by atoms with Crippen LogP contribution >= 0.6 is 11.3 Å². The lowest BCUT2D eigenvalue weighted by atomic mass is 9.92. The zero-order valence-corrected chi connectivity index (χ0v) is 16.8. The van der Waals surface area contributed by atoms with Crippen LogP contribution < -0.4 is 4.74 Å².